The molecule has 0 spiro atoms. The van der Waals surface area contributed by atoms with Crippen LogP contribution in [0.15, 0.2) is 48.5 Å². The van der Waals surface area contributed by atoms with Crippen molar-refractivity contribution in [3.8, 4) is 0 Å². The fourth-order valence-corrected chi connectivity index (χ4v) is 2.88. The van der Waals surface area contributed by atoms with Gasteiger partial charge in [0.05, 0.1) is 6.61 Å². The van der Waals surface area contributed by atoms with Crippen molar-refractivity contribution in [2.45, 2.75) is 32.2 Å². The summed E-state index contributed by atoms with van der Waals surface area (Å²) in [7, 11) is 0. The number of nitrogens with one attached hydrogen (secondary N) is 2. The second kappa shape index (κ2) is 6.85. The third kappa shape index (κ3) is 3.50. The minimum absolute atomic E-state index is 0.107. The van der Waals surface area contributed by atoms with Crippen LogP contribution in [0.2, 0.25) is 0 Å². The summed E-state index contributed by atoms with van der Waals surface area (Å²) in [6.07, 6.45) is 1.10. The van der Waals surface area contributed by atoms with E-state index < -0.39 is 0 Å². The molecule has 1 atom stereocenters. The number of rotatable bonds is 4. The lowest BCUT2D eigenvalue weighted by Gasteiger charge is -2.19. The maximum absolute atomic E-state index is 9.08. The van der Waals surface area contributed by atoms with E-state index in [9.17, 15) is 0 Å². The molecule has 0 saturated heterocycles. The number of aliphatic hydroxyl groups is 1. The molecule has 3 heteroatoms. The van der Waals surface area contributed by atoms with Gasteiger partial charge in [-0.05, 0) is 35.2 Å². The van der Waals surface area contributed by atoms with E-state index in [2.05, 4.69) is 47.0 Å². The van der Waals surface area contributed by atoms with Crippen molar-refractivity contribution in [2.75, 3.05) is 6.54 Å². The monoisotopic (exact) mass is 282 g/mol. The summed E-state index contributed by atoms with van der Waals surface area (Å²) in [5.41, 5.74) is 5.02. The maximum Gasteiger partial charge on any atom is 0.0681 e. The van der Waals surface area contributed by atoms with Crippen LogP contribution in [0.5, 0.6) is 0 Å². The van der Waals surface area contributed by atoms with Gasteiger partial charge in [-0.25, -0.2) is 0 Å². The summed E-state index contributed by atoms with van der Waals surface area (Å²) in [5, 5.41) is 16.2. The first kappa shape index (κ1) is 14.3. The summed E-state index contributed by atoms with van der Waals surface area (Å²) < 4.78 is 0. The van der Waals surface area contributed by atoms with Crippen LogP contribution in [-0.4, -0.2) is 11.7 Å². The predicted octanol–water partition coefficient (Wildman–Crippen LogP) is 2.50. The molecule has 1 heterocycles. The Hall–Kier alpha value is -1.68. The number of fused-ring (bicyclic) bond motifs is 1. The van der Waals surface area contributed by atoms with E-state index in [0.29, 0.717) is 6.04 Å². The topological polar surface area (TPSA) is 44.3 Å². The van der Waals surface area contributed by atoms with Crippen molar-refractivity contribution in [1.82, 2.24) is 10.6 Å². The predicted molar refractivity (Wildman–Crippen MR) is 84.7 cm³/mol. The molecule has 2 aromatic carbocycles. The van der Waals surface area contributed by atoms with Gasteiger partial charge < -0.3 is 15.7 Å². The maximum atomic E-state index is 9.08. The minimum Gasteiger partial charge on any atom is -0.392 e. The molecule has 0 saturated carbocycles. The van der Waals surface area contributed by atoms with Crippen LogP contribution in [0.4, 0.5) is 0 Å². The lowest BCUT2D eigenvalue weighted by molar-refractivity contribution is 0.282. The Bertz CT molecular complexity index is 580. The van der Waals surface area contributed by atoms with Gasteiger partial charge in [-0.15, -0.1) is 0 Å². The van der Waals surface area contributed by atoms with Gasteiger partial charge in [0.2, 0.25) is 0 Å². The molecule has 1 aliphatic heterocycles. The molecule has 0 radical (unpaired) electrons. The molecule has 2 aromatic rings. The number of hydrogen-bond donors (Lipinski definition) is 3. The summed E-state index contributed by atoms with van der Waals surface area (Å²) in [4.78, 5) is 0. The van der Waals surface area contributed by atoms with E-state index in [-0.39, 0.29) is 6.61 Å². The van der Waals surface area contributed by atoms with Gasteiger partial charge in [0.15, 0.2) is 0 Å². The third-order valence-corrected chi connectivity index (χ3v) is 4.11. The summed E-state index contributed by atoms with van der Waals surface area (Å²) >= 11 is 0. The normalized spacial score (nSPS) is 18.0. The van der Waals surface area contributed by atoms with E-state index in [1.54, 1.807) is 0 Å². The van der Waals surface area contributed by atoms with E-state index in [1.807, 2.05) is 12.1 Å². The smallest absolute Gasteiger partial charge is 0.0681 e. The molecule has 3 nitrogen and oxygen atoms in total. The second-order valence-electron chi connectivity index (χ2n) is 5.57. The van der Waals surface area contributed by atoms with Gasteiger partial charge >= 0.3 is 0 Å². The van der Waals surface area contributed by atoms with Crippen molar-refractivity contribution in [3.05, 3.63) is 70.8 Å². The van der Waals surface area contributed by atoms with Crippen LogP contribution in [0.3, 0.4) is 0 Å². The standard InChI is InChI=1S/C18H22N2O/c21-13-15-7-5-14(6-8-15)11-20-18-9-10-19-12-16-3-1-2-4-17(16)18/h1-8,18-21H,9-13H2. The molecule has 0 fully saturated rings. The van der Waals surface area contributed by atoms with Crippen molar-refractivity contribution in [2.24, 2.45) is 0 Å². The minimum atomic E-state index is 0.107. The van der Waals surface area contributed by atoms with Gasteiger partial charge in [-0.1, -0.05) is 48.5 Å². The molecule has 0 amide bonds. The van der Waals surface area contributed by atoms with Crippen molar-refractivity contribution < 1.29 is 5.11 Å². The zero-order valence-electron chi connectivity index (χ0n) is 12.2. The lowest BCUT2D eigenvalue weighted by Crippen LogP contribution is -2.22. The molecule has 1 aliphatic rings. The summed E-state index contributed by atoms with van der Waals surface area (Å²) in [6.45, 7) is 2.95. The summed E-state index contributed by atoms with van der Waals surface area (Å²) in [5.74, 6) is 0. The zero-order valence-corrected chi connectivity index (χ0v) is 12.2. The highest BCUT2D eigenvalue weighted by Crippen LogP contribution is 2.23. The Labute approximate surface area is 126 Å². The van der Waals surface area contributed by atoms with Crippen LogP contribution >= 0.6 is 0 Å². The van der Waals surface area contributed by atoms with Gasteiger partial charge in [0.25, 0.3) is 0 Å². The molecular formula is C18H22N2O. The zero-order chi connectivity index (χ0) is 14.5. The highest BCUT2D eigenvalue weighted by Gasteiger charge is 2.17. The first-order chi connectivity index (χ1) is 10.4. The Kier molecular flexibility index (Phi) is 4.65. The molecule has 21 heavy (non-hydrogen) atoms. The highest BCUT2D eigenvalue weighted by molar-refractivity contribution is 5.31. The lowest BCUT2D eigenvalue weighted by atomic mass is 9.99. The van der Waals surface area contributed by atoms with Crippen molar-refractivity contribution in [3.63, 3.8) is 0 Å². The second-order valence-corrected chi connectivity index (χ2v) is 5.57. The van der Waals surface area contributed by atoms with Crippen LogP contribution in [0.25, 0.3) is 0 Å². The Morgan fingerprint density at radius 2 is 1.81 bits per heavy atom. The third-order valence-electron chi connectivity index (χ3n) is 4.11. The van der Waals surface area contributed by atoms with E-state index >= 15 is 0 Å². The van der Waals surface area contributed by atoms with Gasteiger partial charge in [-0.2, -0.15) is 0 Å². The fourth-order valence-electron chi connectivity index (χ4n) is 2.88. The Balaban J connectivity index is 1.69. The fraction of sp³-hybridized carbons (Fsp3) is 0.333. The highest BCUT2D eigenvalue weighted by atomic mass is 16.3. The average Bonchev–Trinajstić information content (AvgIpc) is 2.76. The number of aliphatic hydroxyl groups excluding tert-OH is 1. The SMILES string of the molecule is OCc1ccc(CNC2CCNCc3ccccc32)cc1. The van der Waals surface area contributed by atoms with Gasteiger partial charge in [0.1, 0.15) is 0 Å². The van der Waals surface area contributed by atoms with Gasteiger partial charge in [-0.3, -0.25) is 0 Å². The van der Waals surface area contributed by atoms with E-state index in [0.717, 1.165) is 31.6 Å². The van der Waals surface area contributed by atoms with Gasteiger partial charge in [0, 0.05) is 19.1 Å². The quantitative estimate of drug-likeness (QED) is 0.807. The van der Waals surface area contributed by atoms with Crippen LogP contribution < -0.4 is 10.6 Å². The molecule has 110 valence electrons. The first-order valence-electron chi connectivity index (χ1n) is 7.57. The van der Waals surface area contributed by atoms with Crippen LogP contribution in [0, 0.1) is 0 Å². The number of hydrogen-bond acceptors (Lipinski definition) is 3. The van der Waals surface area contributed by atoms with Crippen molar-refractivity contribution >= 4 is 0 Å². The molecule has 0 aromatic heterocycles. The average molecular weight is 282 g/mol. The van der Waals surface area contributed by atoms with E-state index in [4.69, 9.17) is 5.11 Å². The Morgan fingerprint density at radius 1 is 1.05 bits per heavy atom. The van der Waals surface area contributed by atoms with Crippen LogP contribution in [-0.2, 0) is 19.7 Å². The molecule has 3 N–H and O–H groups in total. The largest absolute Gasteiger partial charge is 0.392 e. The molecular weight excluding hydrogens is 260 g/mol. The molecule has 0 bridgehead atoms. The summed E-state index contributed by atoms with van der Waals surface area (Å²) in [6, 6.07) is 17.2. The van der Waals surface area contributed by atoms with E-state index in [1.165, 1.54) is 16.7 Å². The first-order valence-corrected chi connectivity index (χ1v) is 7.57. The molecule has 3 rings (SSSR count). The van der Waals surface area contributed by atoms with Crippen LogP contribution in [0.1, 0.15) is 34.7 Å². The molecule has 0 aliphatic carbocycles. The number of benzene rings is 2. The molecule has 1 unspecified atom stereocenters. The Morgan fingerprint density at radius 3 is 2.62 bits per heavy atom. The van der Waals surface area contributed by atoms with Crippen molar-refractivity contribution in [1.29, 1.82) is 0 Å².